The summed E-state index contributed by atoms with van der Waals surface area (Å²) in [6.07, 6.45) is 0. The van der Waals surface area contributed by atoms with E-state index in [0.29, 0.717) is 24.3 Å². The second-order valence-electron chi connectivity index (χ2n) is 6.04. The molecule has 0 bridgehead atoms. The lowest BCUT2D eigenvalue weighted by molar-refractivity contribution is -0.120. The van der Waals surface area contributed by atoms with Crippen LogP contribution in [0.1, 0.15) is 31.1 Å². The average Bonchev–Trinajstić information content (AvgIpc) is 2.37. The zero-order chi connectivity index (χ0) is 15.6. The van der Waals surface area contributed by atoms with Crippen LogP contribution in [-0.4, -0.2) is 37.1 Å². The summed E-state index contributed by atoms with van der Waals surface area (Å²) in [7, 11) is 0. The molecule has 0 unspecified atom stereocenters. The van der Waals surface area contributed by atoms with Gasteiger partial charge in [-0.25, -0.2) is 4.79 Å². The van der Waals surface area contributed by atoms with E-state index in [0.717, 1.165) is 5.69 Å². The van der Waals surface area contributed by atoms with Crippen LogP contribution in [0.15, 0.2) is 18.2 Å². The van der Waals surface area contributed by atoms with E-state index in [1.54, 1.807) is 32.9 Å². The van der Waals surface area contributed by atoms with Gasteiger partial charge in [0.15, 0.2) is 0 Å². The Kier molecular flexibility index (Phi) is 4.06. The van der Waals surface area contributed by atoms with E-state index in [1.807, 2.05) is 11.0 Å². The molecule has 2 rings (SSSR count). The van der Waals surface area contributed by atoms with Gasteiger partial charge < -0.3 is 20.7 Å². The number of hydrogen-bond acceptors (Lipinski definition) is 5. The molecule has 0 aliphatic carbocycles. The highest BCUT2D eigenvalue weighted by Gasteiger charge is 2.22. The van der Waals surface area contributed by atoms with Crippen LogP contribution in [-0.2, 0) is 9.53 Å². The SMILES string of the molecule is CC(C)(C)OC(=O)c1cc(N2CCNC(=O)C2)ccc1N. The molecule has 0 spiro atoms. The number of carbonyl (C=O) groups excluding carboxylic acids is 2. The molecule has 1 heterocycles. The summed E-state index contributed by atoms with van der Waals surface area (Å²) < 4.78 is 5.35. The Morgan fingerprint density at radius 3 is 2.71 bits per heavy atom. The Bertz CT molecular complexity index is 564. The Hall–Kier alpha value is -2.24. The number of benzene rings is 1. The van der Waals surface area contributed by atoms with Crippen molar-refractivity contribution >= 4 is 23.3 Å². The maximum atomic E-state index is 12.2. The van der Waals surface area contributed by atoms with Gasteiger partial charge in [0, 0.05) is 24.5 Å². The molecule has 1 fully saturated rings. The van der Waals surface area contributed by atoms with Crippen molar-refractivity contribution < 1.29 is 14.3 Å². The van der Waals surface area contributed by atoms with Crippen LogP contribution in [0.25, 0.3) is 0 Å². The highest BCUT2D eigenvalue weighted by molar-refractivity contribution is 5.96. The lowest BCUT2D eigenvalue weighted by Crippen LogP contribution is -2.47. The Labute approximate surface area is 124 Å². The molecule has 1 aromatic carbocycles. The van der Waals surface area contributed by atoms with Crippen LogP contribution in [0.3, 0.4) is 0 Å². The summed E-state index contributed by atoms with van der Waals surface area (Å²) in [6.45, 7) is 6.98. The van der Waals surface area contributed by atoms with Gasteiger partial charge in [0.05, 0.1) is 12.1 Å². The molecule has 0 radical (unpaired) electrons. The first-order chi connectivity index (χ1) is 9.76. The van der Waals surface area contributed by atoms with Crippen molar-refractivity contribution in [2.24, 2.45) is 0 Å². The number of piperazine rings is 1. The molecule has 21 heavy (non-hydrogen) atoms. The lowest BCUT2D eigenvalue weighted by Gasteiger charge is -2.29. The van der Waals surface area contributed by atoms with Crippen molar-refractivity contribution in [1.29, 1.82) is 0 Å². The first-order valence-electron chi connectivity index (χ1n) is 6.91. The predicted molar refractivity (Wildman–Crippen MR) is 81.2 cm³/mol. The van der Waals surface area contributed by atoms with Crippen LogP contribution < -0.4 is 16.0 Å². The Morgan fingerprint density at radius 2 is 2.10 bits per heavy atom. The molecule has 6 nitrogen and oxygen atoms in total. The van der Waals surface area contributed by atoms with Crippen LogP contribution in [0.4, 0.5) is 11.4 Å². The van der Waals surface area contributed by atoms with E-state index >= 15 is 0 Å². The molecule has 114 valence electrons. The molecule has 1 aromatic rings. The molecule has 6 heteroatoms. The van der Waals surface area contributed by atoms with E-state index < -0.39 is 11.6 Å². The van der Waals surface area contributed by atoms with Gasteiger partial charge >= 0.3 is 5.97 Å². The number of nitrogen functional groups attached to an aromatic ring is 1. The third-order valence-corrected chi connectivity index (χ3v) is 3.06. The van der Waals surface area contributed by atoms with Gasteiger partial charge in [-0.2, -0.15) is 0 Å². The fourth-order valence-corrected chi connectivity index (χ4v) is 2.11. The fourth-order valence-electron chi connectivity index (χ4n) is 2.11. The van der Waals surface area contributed by atoms with E-state index in [-0.39, 0.29) is 12.5 Å². The van der Waals surface area contributed by atoms with Crippen LogP contribution >= 0.6 is 0 Å². The first-order valence-corrected chi connectivity index (χ1v) is 6.91. The Morgan fingerprint density at radius 1 is 1.38 bits per heavy atom. The van der Waals surface area contributed by atoms with Crippen molar-refractivity contribution in [3.05, 3.63) is 23.8 Å². The Balaban J connectivity index is 2.24. The van der Waals surface area contributed by atoms with E-state index in [4.69, 9.17) is 10.5 Å². The van der Waals surface area contributed by atoms with Crippen molar-refractivity contribution in [1.82, 2.24) is 5.32 Å². The number of nitrogens with one attached hydrogen (secondary N) is 1. The zero-order valence-electron chi connectivity index (χ0n) is 12.6. The largest absolute Gasteiger partial charge is 0.456 e. The van der Waals surface area contributed by atoms with Crippen LogP contribution in [0.2, 0.25) is 0 Å². The molecule has 3 N–H and O–H groups in total. The van der Waals surface area contributed by atoms with Gasteiger partial charge in [0.25, 0.3) is 0 Å². The molecule has 0 atom stereocenters. The van der Waals surface area contributed by atoms with Gasteiger partial charge in [0.1, 0.15) is 5.60 Å². The minimum atomic E-state index is -0.579. The number of rotatable bonds is 2. The number of amides is 1. The van der Waals surface area contributed by atoms with Crippen LogP contribution in [0.5, 0.6) is 0 Å². The number of esters is 1. The van der Waals surface area contributed by atoms with Crippen molar-refractivity contribution in [3.8, 4) is 0 Å². The van der Waals surface area contributed by atoms with Crippen molar-refractivity contribution in [2.45, 2.75) is 26.4 Å². The number of nitrogens with zero attached hydrogens (tertiary/aromatic N) is 1. The summed E-state index contributed by atoms with van der Waals surface area (Å²) in [5, 5.41) is 2.76. The molecule has 0 aromatic heterocycles. The van der Waals surface area contributed by atoms with Gasteiger partial charge in [0.2, 0.25) is 5.91 Å². The quantitative estimate of drug-likeness (QED) is 0.631. The minimum absolute atomic E-state index is 0.0307. The smallest absolute Gasteiger partial charge is 0.340 e. The highest BCUT2D eigenvalue weighted by Crippen LogP contribution is 2.24. The van der Waals surface area contributed by atoms with Gasteiger partial charge in [-0.05, 0) is 39.0 Å². The first kappa shape index (κ1) is 15.2. The van der Waals surface area contributed by atoms with Gasteiger partial charge in [-0.3, -0.25) is 4.79 Å². The van der Waals surface area contributed by atoms with Crippen LogP contribution in [0, 0.1) is 0 Å². The maximum Gasteiger partial charge on any atom is 0.340 e. The third-order valence-electron chi connectivity index (χ3n) is 3.06. The monoisotopic (exact) mass is 291 g/mol. The third kappa shape index (κ3) is 3.87. The second-order valence-corrected chi connectivity index (χ2v) is 6.04. The van der Waals surface area contributed by atoms with E-state index in [2.05, 4.69) is 5.32 Å². The number of nitrogens with two attached hydrogens (primary N) is 1. The molecule has 1 amide bonds. The number of anilines is 2. The second kappa shape index (κ2) is 5.63. The predicted octanol–water partition coefficient (Wildman–Crippen LogP) is 1.16. The van der Waals surface area contributed by atoms with Crippen molar-refractivity contribution in [3.63, 3.8) is 0 Å². The molecular formula is C15H21N3O3. The standard InChI is InChI=1S/C15H21N3O3/c1-15(2,3)21-14(20)11-8-10(4-5-12(11)16)18-7-6-17-13(19)9-18/h4-5,8H,6-7,9,16H2,1-3H3,(H,17,19). The van der Waals surface area contributed by atoms with Crippen molar-refractivity contribution in [2.75, 3.05) is 30.3 Å². The molecular weight excluding hydrogens is 270 g/mol. The summed E-state index contributed by atoms with van der Waals surface area (Å²) >= 11 is 0. The normalized spacial score (nSPS) is 15.6. The van der Waals surface area contributed by atoms with E-state index in [9.17, 15) is 9.59 Å². The zero-order valence-corrected chi connectivity index (χ0v) is 12.6. The minimum Gasteiger partial charge on any atom is -0.456 e. The summed E-state index contributed by atoms with van der Waals surface area (Å²) in [5.74, 6) is -0.486. The molecule has 1 aliphatic heterocycles. The number of ether oxygens (including phenoxy) is 1. The molecule has 1 aliphatic rings. The summed E-state index contributed by atoms with van der Waals surface area (Å²) in [5.41, 5.74) is 6.78. The fraction of sp³-hybridized carbons (Fsp3) is 0.467. The summed E-state index contributed by atoms with van der Waals surface area (Å²) in [4.78, 5) is 25.5. The average molecular weight is 291 g/mol. The highest BCUT2D eigenvalue weighted by atomic mass is 16.6. The summed E-state index contributed by atoms with van der Waals surface area (Å²) in [6, 6.07) is 5.16. The topological polar surface area (TPSA) is 84.7 Å². The number of carbonyl (C=O) groups is 2. The molecule has 1 saturated heterocycles. The van der Waals surface area contributed by atoms with E-state index in [1.165, 1.54) is 0 Å². The van der Waals surface area contributed by atoms with Gasteiger partial charge in [-0.15, -0.1) is 0 Å². The maximum absolute atomic E-state index is 12.2. The van der Waals surface area contributed by atoms with Gasteiger partial charge in [-0.1, -0.05) is 0 Å². The lowest BCUT2D eigenvalue weighted by atomic mass is 10.1. The molecule has 0 saturated carbocycles. The number of hydrogen-bond donors (Lipinski definition) is 2.